The van der Waals surface area contributed by atoms with E-state index < -0.39 is 0 Å². The largest absolute Gasteiger partial charge is 0.493 e. The van der Waals surface area contributed by atoms with Crippen molar-refractivity contribution >= 4 is 5.78 Å². The molecule has 28 heavy (non-hydrogen) atoms. The number of hydrogen-bond acceptors (Lipinski definition) is 4. The van der Waals surface area contributed by atoms with Crippen LogP contribution >= 0.6 is 0 Å². The van der Waals surface area contributed by atoms with E-state index in [-0.39, 0.29) is 5.78 Å². The molecule has 148 valence electrons. The van der Waals surface area contributed by atoms with Gasteiger partial charge in [-0.1, -0.05) is 37.6 Å². The van der Waals surface area contributed by atoms with E-state index in [1.54, 1.807) is 0 Å². The summed E-state index contributed by atoms with van der Waals surface area (Å²) in [6, 6.07) is 11.5. The molecule has 1 saturated heterocycles. The minimum atomic E-state index is 0.0608. The Morgan fingerprint density at radius 2 is 1.46 bits per heavy atom. The lowest BCUT2D eigenvalue weighted by Crippen LogP contribution is -2.31. The lowest BCUT2D eigenvalue weighted by Gasteiger charge is -2.26. The second-order valence-corrected chi connectivity index (χ2v) is 7.64. The van der Waals surface area contributed by atoms with Crippen molar-refractivity contribution in [1.29, 1.82) is 0 Å². The van der Waals surface area contributed by atoms with Gasteiger partial charge in [0.05, 0.1) is 13.2 Å². The van der Waals surface area contributed by atoms with Crippen molar-refractivity contribution in [2.45, 2.75) is 39.0 Å². The minimum Gasteiger partial charge on any atom is -0.493 e. The predicted molar refractivity (Wildman–Crippen MR) is 111 cm³/mol. The third-order valence-corrected chi connectivity index (χ3v) is 5.58. The van der Waals surface area contributed by atoms with Gasteiger partial charge in [-0.05, 0) is 50.9 Å². The smallest absolute Gasteiger partial charge is 0.194 e. The average Bonchev–Trinajstić information content (AvgIpc) is 3.04. The van der Waals surface area contributed by atoms with Gasteiger partial charge < -0.3 is 14.4 Å². The predicted octanol–water partition coefficient (Wildman–Crippen LogP) is 4.94. The topological polar surface area (TPSA) is 38.8 Å². The van der Waals surface area contributed by atoms with Crippen LogP contribution in [0.1, 0.15) is 54.9 Å². The number of rotatable bonds is 8. The van der Waals surface area contributed by atoms with E-state index in [1.165, 1.54) is 32.4 Å². The number of hydrogen-bond donors (Lipinski definition) is 0. The molecule has 2 aliphatic rings. The van der Waals surface area contributed by atoms with Gasteiger partial charge in [0.2, 0.25) is 0 Å². The van der Waals surface area contributed by atoms with Gasteiger partial charge in [-0.25, -0.2) is 0 Å². The van der Waals surface area contributed by atoms with Crippen LogP contribution in [0.3, 0.4) is 0 Å². The van der Waals surface area contributed by atoms with E-state index in [4.69, 9.17) is 9.47 Å². The molecule has 0 bridgehead atoms. The number of carbonyl (C=O) groups excluding carboxylic acids is 1. The zero-order valence-electron chi connectivity index (χ0n) is 16.7. The molecule has 0 unspecified atom stereocenters. The summed E-state index contributed by atoms with van der Waals surface area (Å²) in [6.45, 7) is 6.88. The maximum Gasteiger partial charge on any atom is 0.194 e. The van der Waals surface area contributed by atoms with Crippen LogP contribution in [0.25, 0.3) is 11.1 Å². The Morgan fingerprint density at radius 1 is 0.857 bits per heavy atom. The van der Waals surface area contributed by atoms with Gasteiger partial charge in [0.1, 0.15) is 11.5 Å². The Morgan fingerprint density at radius 3 is 2.07 bits per heavy atom. The highest BCUT2D eigenvalue weighted by Crippen LogP contribution is 2.47. The number of fused-ring (bicyclic) bond motifs is 3. The molecule has 1 aliphatic heterocycles. The second kappa shape index (κ2) is 8.78. The number of ketones is 1. The summed E-state index contributed by atoms with van der Waals surface area (Å²) >= 11 is 0. The molecule has 2 aromatic carbocycles. The van der Waals surface area contributed by atoms with E-state index in [9.17, 15) is 4.79 Å². The molecule has 4 heteroatoms. The molecule has 0 atom stereocenters. The summed E-state index contributed by atoms with van der Waals surface area (Å²) in [5.74, 6) is 1.62. The van der Waals surface area contributed by atoms with Crippen LogP contribution in [0, 0.1) is 0 Å². The van der Waals surface area contributed by atoms with Gasteiger partial charge in [-0.3, -0.25) is 4.79 Å². The number of likely N-dealkylation sites (tertiary alicyclic amines) is 1. The summed E-state index contributed by atoms with van der Waals surface area (Å²) in [6.07, 6.45) is 5.91. The molecule has 0 radical (unpaired) electrons. The highest BCUT2D eigenvalue weighted by molar-refractivity contribution is 6.23. The van der Waals surface area contributed by atoms with Gasteiger partial charge in [0.25, 0.3) is 0 Å². The Kier molecular flexibility index (Phi) is 5.96. The first-order valence-electron chi connectivity index (χ1n) is 10.6. The van der Waals surface area contributed by atoms with Gasteiger partial charge in [-0.15, -0.1) is 0 Å². The molecule has 0 spiro atoms. The Bertz CT molecular complexity index is 840. The quantitative estimate of drug-likeness (QED) is 0.520. The highest BCUT2D eigenvalue weighted by Gasteiger charge is 2.32. The maximum atomic E-state index is 12.9. The van der Waals surface area contributed by atoms with E-state index in [0.29, 0.717) is 18.8 Å². The zero-order chi connectivity index (χ0) is 19.3. The van der Waals surface area contributed by atoms with Crippen LogP contribution < -0.4 is 9.47 Å². The molecule has 0 amide bonds. The van der Waals surface area contributed by atoms with Crippen molar-refractivity contribution < 1.29 is 14.3 Å². The highest BCUT2D eigenvalue weighted by atomic mass is 16.5. The first kappa shape index (κ1) is 19.0. The molecule has 4 nitrogen and oxygen atoms in total. The summed E-state index contributed by atoms with van der Waals surface area (Å²) < 4.78 is 12.1. The van der Waals surface area contributed by atoms with E-state index >= 15 is 0 Å². The molecule has 0 saturated carbocycles. The standard InChI is InChI=1S/C24H29NO3/c1-2-16-27-20-11-6-9-18-22(20)23-19(24(18)26)10-7-12-21(23)28-17-8-15-25-13-4-3-5-14-25/h6-7,9-12H,2-5,8,13-17H2,1H3. The summed E-state index contributed by atoms with van der Waals surface area (Å²) in [4.78, 5) is 15.4. The van der Waals surface area contributed by atoms with Crippen LogP contribution in [0.4, 0.5) is 0 Å². The summed E-state index contributed by atoms with van der Waals surface area (Å²) in [5, 5.41) is 0. The third-order valence-electron chi connectivity index (χ3n) is 5.58. The van der Waals surface area contributed by atoms with Crippen molar-refractivity contribution in [1.82, 2.24) is 4.90 Å². The Balaban J connectivity index is 1.52. The monoisotopic (exact) mass is 379 g/mol. The van der Waals surface area contributed by atoms with Crippen molar-refractivity contribution in [2.75, 3.05) is 32.8 Å². The van der Waals surface area contributed by atoms with E-state index in [0.717, 1.165) is 47.6 Å². The fourth-order valence-corrected chi connectivity index (χ4v) is 4.21. The molecule has 1 heterocycles. The molecule has 4 rings (SSSR count). The van der Waals surface area contributed by atoms with Gasteiger partial charge >= 0.3 is 0 Å². The SMILES string of the molecule is CCCOc1cccc2c1-c1c(OCCCN3CCCCC3)cccc1C2=O. The molecular formula is C24H29NO3. The van der Waals surface area contributed by atoms with Crippen LogP contribution in [0.5, 0.6) is 11.5 Å². The van der Waals surface area contributed by atoms with Crippen molar-refractivity contribution in [3.05, 3.63) is 47.5 Å². The lowest BCUT2D eigenvalue weighted by molar-refractivity contribution is 0.104. The molecule has 0 N–H and O–H groups in total. The number of ether oxygens (including phenoxy) is 2. The van der Waals surface area contributed by atoms with Crippen LogP contribution in [-0.4, -0.2) is 43.5 Å². The number of piperidine rings is 1. The first-order valence-corrected chi connectivity index (χ1v) is 10.6. The van der Waals surface area contributed by atoms with E-state index in [1.807, 2.05) is 36.4 Å². The Labute approximate surface area is 167 Å². The van der Waals surface area contributed by atoms with Gasteiger partial charge in [-0.2, -0.15) is 0 Å². The van der Waals surface area contributed by atoms with Crippen LogP contribution in [-0.2, 0) is 0 Å². The minimum absolute atomic E-state index is 0.0608. The Hall–Kier alpha value is -2.33. The van der Waals surface area contributed by atoms with E-state index in [2.05, 4.69) is 11.8 Å². The molecule has 1 aliphatic carbocycles. The lowest BCUT2D eigenvalue weighted by atomic mass is 10.0. The number of benzene rings is 2. The maximum absolute atomic E-state index is 12.9. The molecule has 0 aromatic heterocycles. The zero-order valence-corrected chi connectivity index (χ0v) is 16.7. The number of carbonyl (C=O) groups is 1. The fraction of sp³-hybridized carbons (Fsp3) is 0.458. The molecule has 1 fully saturated rings. The fourth-order valence-electron chi connectivity index (χ4n) is 4.21. The van der Waals surface area contributed by atoms with Gasteiger partial charge in [0, 0.05) is 28.8 Å². The van der Waals surface area contributed by atoms with Crippen molar-refractivity contribution in [3.8, 4) is 22.6 Å². The van der Waals surface area contributed by atoms with Crippen LogP contribution in [0.15, 0.2) is 36.4 Å². The molecule has 2 aromatic rings. The summed E-state index contributed by atoms with van der Waals surface area (Å²) in [5.41, 5.74) is 3.22. The van der Waals surface area contributed by atoms with Gasteiger partial charge in [0.15, 0.2) is 5.78 Å². The van der Waals surface area contributed by atoms with Crippen molar-refractivity contribution in [3.63, 3.8) is 0 Å². The third kappa shape index (κ3) is 3.79. The number of nitrogens with zero attached hydrogens (tertiary/aromatic N) is 1. The molecular weight excluding hydrogens is 350 g/mol. The van der Waals surface area contributed by atoms with Crippen LogP contribution in [0.2, 0.25) is 0 Å². The first-order chi connectivity index (χ1) is 13.8. The normalized spacial score (nSPS) is 16.0. The second-order valence-electron chi connectivity index (χ2n) is 7.64. The summed E-state index contributed by atoms with van der Waals surface area (Å²) in [7, 11) is 0. The van der Waals surface area contributed by atoms with Crippen molar-refractivity contribution in [2.24, 2.45) is 0 Å². The average molecular weight is 380 g/mol.